The molecule has 0 radical (unpaired) electrons. The normalized spacial score (nSPS) is 13.8. The lowest BCUT2D eigenvalue weighted by atomic mass is 9.82. The standard InChI is InChI=1S/C19H12Cl4O5S/c20-11-6-4-10(5-7-11)19(29(26,27)28,18-15(24)2-1-3-16(18)25)17-13(22)8-12(21)9-14(17)23/h1-9,24-25H,(H,26,27,28). The van der Waals surface area contributed by atoms with Gasteiger partial charge in [-0.15, -0.1) is 0 Å². The van der Waals surface area contributed by atoms with Crippen LogP contribution in [-0.4, -0.2) is 23.2 Å². The van der Waals surface area contributed by atoms with E-state index in [1.54, 1.807) is 0 Å². The first-order valence-corrected chi connectivity index (χ1v) is 10.8. The molecule has 0 aliphatic heterocycles. The second-order valence-electron chi connectivity index (χ2n) is 6.08. The summed E-state index contributed by atoms with van der Waals surface area (Å²) in [4.78, 5) is 0. The highest BCUT2D eigenvalue weighted by Gasteiger charge is 2.54. The number of rotatable bonds is 4. The van der Waals surface area contributed by atoms with Gasteiger partial charge in [0.2, 0.25) is 0 Å². The van der Waals surface area contributed by atoms with Crippen molar-refractivity contribution in [3.05, 3.63) is 91.4 Å². The molecule has 3 rings (SSSR count). The molecule has 0 amide bonds. The molecule has 0 aliphatic carbocycles. The Balaban J connectivity index is 2.66. The Hall–Kier alpha value is -1.67. The monoisotopic (exact) mass is 492 g/mol. The van der Waals surface area contributed by atoms with Crippen molar-refractivity contribution < 1.29 is 23.2 Å². The van der Waals surface area contributed by atoms with Gasteiger partial charge >= 0.3 is 0 Å². The summed E-state index contributed by atoms with van der Waals surface area (Å²) < 4.78 is 33.9. The van der Waals surface area contributed by atoms with E-state index in [9.17, 15) is 23.2 Å². The third-order valence-corrected chi connectivity index (χ3v) is 6.85. The Morgan fingerprint density at radius 3 is 1.66 bits per heavy atom. The van der Waals surface area contributed by atoms with Gasteiger partial charge in [0.05, 0.1) is 5.56 Å². The number of benzene rings is 3. The highest BCUT2D eigenvalue weighted by Crippen LogP contribution is 2.54. The van der Waals surface area contributed by atoms with Crippen molar-refractivity contribution in [1.29, 1.82) is 0 Å². The maximum atomic E-state index is 13.0. The largest absolute Gasteiger partial charge is 0.507 e. The zero-order valence-corrected chi connectivity index (χ0v) is 18.1. The van der Waals surface area contributed by atoms with Crippen LogP contribution in [0.1, 0.15) is 16.7 Å². The Morgan fingerprint density at radius 2 is 1.21 bits per heavy atom. The second-order valence-corrected chi connectivity index (χ2v) is 9.33. The topological polar surface area (TPSA) is 94.8 Å². The molecule has 29 heavy (non-hydrogen) atoms. The van der Waals surface area contributed by atoms with Crippen molar-refractivity contribution in [2.75, 3.05) is 0 Å². The Bertz CT molecular complexity index is 1150. The van der Waals surface area contributed by atoms with Crippen molar-refractivity contribution in [1.82, 2.24) is 0 Å². The van der Waals surface area contributed by atoms with Crippen molar-refractivity contribution in [2.24, 2.45) is 0 Å². The summed E-state index contributed by atoms with van der Waals surface area (Å²) in [6.45, 7) is 0. The molecule has 0 heterocycles. The van der Waals surface area contributed by atoms with Crippen LogP contribution >= 0.6 is 46.4 Å². The van der Waals surface area contributed by atoms with E-state index in [4.69, 9.17) is 46.4 Å². The van der Waals surface area contributed by atoms with Gasteiger partial charge in [0, 0.05) is 25.7 Å². The van der Waals surface area contributed by atoms with Gasteiger partial charge in [-0.3, -0.25) is 4.55 Å². The minimum atomic E-state index is -5.18. The summed E-state index contributed by atoms with van der Waals surface area (Å²) in [7, 11) is -5.18. The van der Waals surface area contributed by atoms with Crippen LogP contribution in [0.3, 0.4) is 0 Å². The van der Waals surface area contributed by atoms with Crippen LogP contribution in [0.15, 0.2) is 54.6 Å². The fourth-order valence-electron chi connectivity index (χ4n) is 3.27. The van der Waals surface area contributed by atoms with E-state index in [1.165, 1.54) is 42.5 Å². The van der Waals surface area contributed by atoms with E-state index in [1.807, 2.05) is 0 Å². The van der Waals surface area contributed by atoms with Gasteiger partial charge in [-0.1, -0.05) is 64.6 Å². The van der Waals surface area contributed by atoms with Crippen LogP contribution in [0.25, 0.3) is 0 Å². The van der Waals surface area contributed by atoms with E-state index in [-0.39, 0.29) is 31.2 Å². The highest BCUT2D eigenvalue weighted by molar-refractivity contribution is 7.87. The molecule has 0 aliphatic rings. The maximum absolute atomic E-state index is 13.0. The Morgan fingerprint density at radius 1 is 0.724 bits per heavy atom. The first-order valence-electron chi connectivity index (χ1n) is 7.89. The van der Waals surface area contributed by atoms with Crippen molar-refractivity contribution >= 4 is 56.5 Å². The molecule has 3 N–H and O–H groups in total. The summed E-state index contributed by atoms with van der Waals surface area (Å²) in [6.07, 6.45) is 0. The van der Waals surface area contributed by atoms with Crippen LogP contribution in [0.2, 0.25) is 20.1 Å². The molecule has 1 unspecified atom stereocenters. The lowest BCUT2D eigenvalue weighted by Crippen LogP contribution is -2.39. The molecular weight excluding hydrogens is 482 g/mol. The number of phenolic OH excluding ortho intramolecular Hbond substituents is 2. The number of aromatic hydroxyl groups is 2. The lowest BCUT2D eigenvalue weighted by molar-refractivity contribution is 0.416. The molecule has 1 atom stereocenters. The average molecular weight is 494 g/mol. The maximum Gasteiger partial charge on any atom is 0.283 e. The molecule has 5 nitrogen and oxygen atoms in total. The zero-order valence-electron chi connectivity index (χ0n) is 14.3. The fraction of sp³-hybridized carbons (Fsp3) is 0.0526. The highest BCUT2D eigenvalue weighted by atomic mass is 35.5. The van der Waals surface area contributed by atoms with Crippen LogP contribution in [0.5, 0.6) is 11.5 Å². The Kier molecular flexibility index (Phi) is 5.98. The third-order valence-electron chi connectivity index (χ3n) is 4.37. The summed E-state index contributed by atoms with van der Waals surface area (Å²) in [5.41, 5.74) is -0.907. The minimum Gasteiger partial charge on any atom is -0.507 e. The van der Waals surface area contributed by atoms with Gasteiger partial charge in [0.1, 0.15) is 11.5 Å². The summed E-state index contributed by atoms with van der Waals surface area (Å²) >= 11 is 24.6. The predicted octanol–water partition coefficient (Wildman–Crippen LogP) is 5.89. The van der Waals surface area contributed by atoms with E-state index in [0.717, 1.165) is 12.1 Å². The van der Waals surface area contributed by atoms with Crippen molar-refractivity contribution in [3.8, 4) is 11.5 Å². The molecule has 3 aromatic rings. The first kappa shape index (κ1) is 22.0. The van der Waals surface area contributed by atoms with Crippen LogP contribution in [-0.2, 0) is 14.9 Å². The number of phenols is 2. The van der Waals surface area contributed by atoms with Gasteiger partial charge in [0.25, 0.3) is 10.1 Å². The SMILES string of the molecule is O=S(=O)(O)C(c1ccc(Cl)cc1)(c1c(O)cccc1O)c1c(Cl)cc(Cl)cc1Cl. The molecular formula is C19H12Cl4O5S. The molecule has 0 spiro atoms. The summed E-state index contributed by atoms with van der Waals surface area (Å²) in [5, 5.41) is 21.0. The molecule has 10 heteroatoms. The van der Waals surface area contributed by atoms with Crippen LogP contribution < -0.4 is 0 Å². The summed E-state index contributed by atoms with van der Waals surface area (Å²) in [5.74, 6) is -1.22. The van der Waals surface area contributed by atoms with Crippen LogP contribution in [0.4, 0.5) is 0 Å². The quantitative estimate of drug-likeness (QED) is 0.311. The molecule has 0 fully saturated rings. The summed E-state index contributed by atoms with van der Waals surface area (Å²) in [6, 6.07) is 11.5. The lowest BCUT2D eigenvalue weighted by Gasteiger charge is -2.34. The van der Waals surface area contributed by atoms with Gasteiger partial charge in [-0.2, -0.15) is 8.42 Å². The third kappa shape index (κ3) is 3.65. The van der Waals surface area contributed by atoms with Crippen LogP contribution in [0, 0.1) is 0 Å². The van der Waals surface area contributed by atoms with Crippen molar-refractivity contribution in [3.63, 3.8) is 0 Å². The molecule has 0 saturated heterocycles. The molecule has 152 valence electrons. The molecule has 3 aromatic carbocycles. The zero-order chi connectivity index (χ0) is 21.6. The second kappa shape index (κ2) is 7.87. The smallest absolute Gasteiger partial charge is 0.283 e. The average Bonchev–Trinajstić information content (AvgIpc) is 2.59. The van der Waals surface area contributed by atoms with Gasteiger partial charge in [-0.25, -0.2) is 0 Å². The minimum absolute atomic E-state index is 0.0766. The van der Waals surface area contributed by atoms with Crippen molar-refractivity contribution in [2.45, 2.75) is 4.75 Å². The van der Waals surface area contributed by atoms with E-state index in [0.29, 0.717) is 0 Å². The van der Waals surface area contributed by atoms with Gasteiger partial charge < -0.3 is 10.2 Å². The van der Waals surface area contributed by atoms with E-state index in [2.05, 4.69) is 0 Å². The first-order chi connectivity index (χ1) is 13.5. The number of hydrogen-bond acceptors (Lipinski definition) is 4. The number of hydrogen-bond donors (Lipinski definition) is 3. The Labute approximate surface area is 186 Å². The van der Waals surface area contributed by atoms with Gasteiger partial charge in [-0.05, 0) is 42.0 Å². The molecule has 0 saturated carbocycles. The fourth-order valence-corrected chi connectivity index (χ4v) is 5.99. The van der Waals surface area contributed by atoms with E-state index < -0.39 is 31.9 Å². The van der Waals surface area contributed by atoms with E-state index >= 15 is 0 Å². The number of halogens is 4. The van der Waals surface area contributed by atoms with Gasteiger partial charge in [0.15, 0.2) is 4.75 Å². The predicted molar refractivity (Wildman–Crippen MR) is 114 cm³/mol. The molecule has 0 aromatic heterocycles. The molecule has 0 bridgehead atoms.